The maximum Gasteiger partial charge on any atom is 0.279 e. The highest BCUT2D eigenvalue weighted by molar-refractivity contribution is 7.87. The Hall–Kier alpha value is -0.210. The van der Waals surface area contributed by atoms with Crippen LogP contribution in [-0.4, -0.2) is 59.2 Å². The second-order valence-corrected chi connectivity index (χ2v) is 6.36. The quantitative estimate of drug-likeness (QED) is 0.633. The minimum Gasteiger partial charge on any atom is -0.383 e. The summed E-state index contributed by atoms with van der Waals surface area (Å²) in [6.07, 6.45) is 1.84. The molecule has 1 aliphatic rings. The van der Waals surface area contributed by atoms with Crippen molar-refractivity contribution in [3.63, 3.8) is 0 Å². The summed E-state index contributed by atoms with van der Waals surface area (Å²) in [6, 6.07) is 0.417. The molecule has 7 heteroatoms. The molecule has 2 N–H and O–H groups in total. The molecule has 0 saturated carbocycles. The molecule has 0 radical (unpaired) electrons. The van der Waals surface area contributed by atoms with Crippen LogP contribution < -0.4 is 10.0 Å². The molecule has 2 unspecified atom stereocenters. The van der Waals surface area contributed by atoms with Crippen molar-refractivity contribution in [2.75, 3.05) is 40.4 Å². The number of hydrogen-bond acceptors (Lipinski definition) is 4. The Balaban J connectivity index is 2.56. The molecule has 18 heavy (non-hydrogen) atoms. The lowest BCUT2D eigenvalue weighted by molar-refractivity contribution is 0.196. The van der Waals surface area contributed by atoms with Crippen LogP contribution in [0.25, 0.3) is 0 Å². The number of ether oxygens (including phenoxy) is 1. The first kappa shape index (κ1) is 15.8. The summed E-state index contributed by atoms with van der Waals surface area (Å²) < 4.78 is 33.1. The van der Waals surface area contributed by atoms with Crippen LogP contribution in [0.4, 0.5) is 0 Å². The van der Waals surface area contributed by atoms with E-state index in [4.69, 9.17) is 4.74 Å². The van der Waals surface area contributed by atoms with E-state index in [9.17, 15) is 8.42 Å². The van der Waals surface area contributed by atoms with Crippen LogP contribution in [0.5, 0.6) is 0 Å². The van der Waals surface area contributed by atoms with E-state index in [0.29, 0.717) is 38.2 Å². The summed E-state index contributed by atoms with van der Waals surface area (Å²) in [4.78, 5) is 0. The monoisotopic (exact) mass is 279 g/mol. The summed E-state index contributed by atoms with van der Waals surface area (Å²) in [5.41, 5.74) is 0. The summed E-state index contributed by atoms with van der Waals surface area (Å²) in [6.45, 7) is 3.98. The Labute approximate surface area is 110 Å². The normalized spacial score (nSPS) is 26.4. The Morgan fingerprint density at radius 3 is 2.72 bits per heavy atom. The molecule has 1 heterocycles. The summed E-state index contributed by atoms with van der Waals surface area (Å²) >= 11 is 0. The molecule has 0 amide bonds. The zero-order valence-corrected chi connectivity index (χ0v) is 12.3. The van der Waals surface area contributed by atoms with Crippen LogP contribution in [0.15, 0.2) is 0 Å². The number of methoxy groups -OCH3 is 1. The molecule has 1 aliphatic heterocycles. The van der Waals surface area contributed by atoms with Gasteiger partial charge in [0.1, 0.15) is 0 Å². The lowest BCUT2D eigenvalue weighted by atomic mass is 9.91. The minimum absolute atomic E-state index is 0.321. The average Bonchev–Trinajstić information content (AvgIpc) is 2.38. The first-order chi connectivity index (χ1) is 8.55. The van der Waals surface area contributed by atoms with Gasteiger partial charge in [-0.2, -0.15) is 17.4 Å². The van der Waals surface area contributed by atoms with Gasteiger partial charge >= 0.3 is 0 Å². The van der Waals surface area contributed by atoms with Crippen LogP contribution >= 0.6 is 0 Å². The number of nitrogens with zero attached hydrogens (tertiary/aromatic N) is 1. The van der Waals surface area contributed by atoms with E-state index in [0.717, 1.165) is 12.8 Å². The van der Waals surface area contributed by atoms with E-state index in [1.807, 2.05) is 7.05 Å². The molecule has 6 nitrogen and oxygen atoms in total. The van der Waals surface area contributed by atoms with Crippen LogP contribution in [-0.2, 0) is 14.9 Å². The van der Waals surface area contributed by atoms with Gasteiger partial charge in [-0.1, -0.05) is 13.3 Å². The van der Waals surface area contributed by atoms with Crippen molar-refractivity contribution in [3.05, 3.63) is 0 Å². The third kappa shape index (κ3) is 4.17. The number of piperidine rings is 1. The van der Waals surface area contributed by atoms with Gasteiger partial charge in [0.25, 0.3) is 10.2 Å². The maximum atomic E-state index is 12.1. The molecule has 0 aromatic carbocycles. The van der Waals surface area contributed by atoms with Crippen molar-refractivity contribution >= 4 is 10.2 Å². The number of nitrogens with one attached hydrogen (secondary N) is 2. The Morgan fingerprint density at radius 2 is 2.17 bits per heavy atom. The zero-order valence-electron chi connectivity index (χ0n) is 11.5. The van der Waals surface area contributed by atoms with Gasteiger partial charge in [-0.05, 0) is 19.4 Å². The highest BCUT2D eigenvalue weighted by Gasteiger charge is 2.32. The fourth-order valence-electron chi connectivity index (χ4n) is 2.37. The predicted molar refractivity (Wildman–Crippen MR) is 71.6 cm³/mol. The summed E-state index contributed by atoms with van der Waals surface area (Å²) in [7, 11) is 0.140. The van der Waals surface area contributed by atoms with E-state index < -0.39 is 10.2 Å². The average molecular weight is 279 g/mol. The topological polar surface area (TPSA) is 70.7 Å². The van der Waals surface area contributed by atoms with Crippen molar-refractivity contribution in [1.82, 2.24) is 14.3 Å². The van der Waals surface area contributed by atoms with E-state index in [-0.39, 0.29) is 0 Å². The van der Waals surface area contributed by atoms with Gasteiger partial charge in [-0.15, -0.1) is 0 Å². The maximum absolute atomic E-state index is 12.1. The smallest absolute Gasteiger partial charge is 0.279 e. The molecule has 1 fully saturated rings. The van der Waals surface area contributed by atoms with E-state index >= 15 is 0 Å². The van der Waals surface area contributed by atoms with E-state index in [1.165, 1.54) is 0 Å². The Bertz CT molecular complexity index is 334. The van der Waals surface area contributed by atoms with Crippen LogP contribution in [0, 0.1) is 5.92 Å². The van der Waals surface area contributed by atoms with Gasteiger partial charge in [-0.25, -0.2) is 0 Å². The molecule has 0 aliphatic carbocycles. The highest BCUT2D eigenvalue weighted by atomic mass is 32.2. The summed E-state index contributed by atoms with van der Waals surface area (Å²) in [5, 5.41) is 3.27. The van der Waals surface area contributed by atoms with E-state index in [2.05, 4.69) is 17.0 Å². The van der Waals surface area contributed by atoms with Gasteiger partial charge in [0.2, 0.25) is 0 Å². The van der Waals surface area contributed by atoms with Gasteiger partial charge in [0, 0.05) is 32.8 Å². The zero-order chi connectivity index (χ0) is 13.6. The molecule has 0 bridgehead atoms. The van der Waals surface area contributed by atoms with Crippen LogP contribution in [0.1, 0.15) is 19.8 Å². The SMILES string of the molecule is CCC1CN(S(=O)(=O)NCCOC)CCC1NC. The first-order valence-corrected chi connectivity index (χ1v) is 7.90. The van der Waals surface area contributed by atoms with Gasteiger partial charge < -0.3 is 10.1 Å². The second kappa shape index (κ2) is 7.40. The lowest BCUT2D eigenvalue weighted by Crippen LogP contribution is -2.53. The third-order valence-electron chi connectivity index (χ3n) is 3.52. The molecule has 108 valence electrons. The number of hydrogen-bond donors (Lipinski definition) is 2. The second-order valence-electron chi connectivity index (χ2n) is 4.60. The van der Waals surface area contributed by atoms with Gasteiger partial charge in [-0.3, -0.25) is 0 Å². The third-order valence-corrected chi connectivity index (χ3v) is 5.10. The molecule has 1 rings (SSSR count). The van der Waals surface area contributed by atoms with Gasteiger partial charge in [0.05, 0.1) is 6.61 Å². The van der Waals surface area contributed by atoms with Crippen molar-refractivity contribution in [3.8, 4) is 0 Å². The molecule has 0 aromatic heterocycles. The highest BCUT2D eigenvalue weighted by Crippen LogP contribution is 2.21. The largest absolute Gasteiger partial charge is 0.383 e. The molecule has 0 aromatic rings. The minimum atomic E-state index is -3.35. The van der Waals surface area contributed by atoms with Crippen molar-refractivity contribution in [2.24, 2.45) is 5.92 Å². The fourth-order valence-corrected chi connectivity index (χ4v) is 3.63. The first-order valence-electron chi connectivity index (χ1n) is 6.46. The van der Waals surface area contributed by atoms with Crippen molar-refractivity contribution < 1.29 is 13.2 Å². The molecular formula is C11H25N3O3S. The Kier molecular flexibility index (Phi) is 6.51. The number of rotatable bonds is 7. The molecule has 1 saturated heterocycles. The molecule has 0 spiro atoms. The fraction of sp³-hybridized carbons (Fsp3) is 1.00. The standard InChI is InChI=1S/C11H25N3O3S/c1-4-10-9-14(7-5-11(10)12-2)18(15,16)13-6-8-17-3/h10-13H,4-9H2,1-3H3. The van der Waals surface area contributed by atoms with Crippen LogP contribution in [0.2, 0.25) is 0 Å². The van der Waals surface area contributed by atoms with E-state index in [1.54, 1.807) is 11.4 Å². The van der Waals surface area contributed by atoms with Gasteiger partial charge in [0.15, 0.2) is 0 Å². The molecule has 2 atom stereocenters. The lowest BCUT2D eigenvalue weighted by Gasteiger charge is -2.37. The van der Waals surface area contributed by atoms with Crippen LogP contribution in [0.3, 0.4) is 0 Å². The van der Waals surface area contributed by atoms with Crippen molar-refractivity contribution in [1.29, 1.82) is 0 Å². The Morgan fingerprint density at radius 1 is 1.44 bits per heavy atom. The van der Waals surface area contributed by atoms with Crippen molar-refractivity contribution in [2.45, 2.75) is 25.8 Å². The predicted octanol–water partition coefficient (Wildman–Crippen LogP) is -0.213. The molecular weight excluding hydrogens is 254 g/mol. The summed E-state index contributed by atoms with van der Waals surface area (Å²) in [5.74, 6) is 0.378.